The lowest BCUT2D eigenvalue weighted by atomic mass is 10.2. The van der Waals surface area contributed by atoms with Crippen molar-refractivity contribution in [3.05, 3.63) is 40.1 Å². The van der Waals surface area contributed by atoms with Gasteiger partial charge in [0.1, 0.15) is 17.8 Å². The van der Waals surface area contributed by atoms with Gasteiger partial charge in [0.2, 0.25) is 5.11 Å². The Kier molecular flexibility index (Phi) is 6.03. The molecule has 2 aromatic rings. The lowest BCUT2D eigenvalue weighted by molar-refractivity contribution is 0.149. The first kappa shape index (κ1) is 19.9. The van der Waals surface area contributed by atoms with E-state index in [9.17, 15) is 13.2 Å². The summed E-state index contributed by atoms with van der Waals surface area (Å²) in [5.74, 6) is 0.511. The van der Waals surface area contributed by atoms with Gasteiger partial charge in [-0.15, -0.1) is 14.5 Å². The number of hydrogen-bond acceptors (Lipinski definition) is 7. The predicted molar refractivity (Wildman–Crippen MR) is 99.0 cm³/mol. The van der Waals surface area contributed by atoms with Gasteiger partial charge in [-0.05, 0) is 37.7 Å². The molecule has 0 saturated carbocycles. The molecule has 0 spiro atoms. The molecule has 0 amide bonds. The number of ether oxygens (including phenoxy) is 1. The van der Waals surface area contributed by atoms with Gasteiger partial charge in [-0.1, -0.05) is 19.1 Å². The minimum Gasteiger partial charge on any atom is -0.492 e. The average molecular weight is 400 g/mol. The molecule has 0 aliphatic carbocycles. The Morgan fingerprint density at radius 3 is 2.58 bits per heavy atom. The smallest absolute Gasteiger partial charge is 0.386 e. The van der Waals surface area contributed by atoms with E-state index >= 15 is 0 Å². The molecule has 0 unspecified atom stereocenters. The topological polar surface area (TPSA) is 104 Å². The van der Waals surface area contributed by atoms with Gasteiger partial charge >= 0.3 is 5.69 Å². The van der Waals surface area contributed by atoms with E-state index in [1.54, 1.807) is 39.0 Å². The Hall–Kier alpha value is -2.40. The fourth-order valence-corrected chi connectivity index (χ4v) is 4.12. The standard InChI is InChI=1S/C15H20N4O5S2/c1-5-12-16-18(15(20)19(12)23-4)14(25)17-26(21,22)13-10(3)8-7-9-11(13)24-6-2/h7-9H,5-6H2,1-4H3,(H,17,25). The van der Waals surface area contributed by atoms with Gasteiger partial charge < -0.3 is 9.57 Å². The zero-order valence-electron chi connectivity index (χ0n) is 14.8. The SMILES string of the molecule is CCOc1cccc(C)c1S(=O)(=O)NC(=S)n1nc(CC)n(OC)c1=O. The number of nitrogens with one attached hydrogen (secondary N) is 1. The maximum Gasteiger partial charge on any atom is 0.386 e. The molecule has 1 heterocycles. The molecule has 0 atom stereocenters. The molecule has 1 N–H and O–H groups in total. The molecule has 0 fully saturated rings. The summed E-state index contributed by atoms with van der Waals surface area (Å²) in [6.07, 6.45) is 0.401. The Morgan fingerprint density at radius 1 is 1.35 bits per heavy atom. The maximum atomic E-state index is 12.8. The summed E-state index contributed by atoms with van der Waals surface area (Å²) < 4.78 is 35.0. The van der Waals surface area contributed by atoms with Crippen LogP contribution in [-0.4, -0.2) is 41.8 Å². The first-order chi connectivity index (χ1) is 12.3. The third-order valence-electron chi connectivity index (χ3n) is 3.46. The molecular formula is C15H20N4O5S2. The summed E-state index contributed by atoms with van der Waals surface area (Å²) in [5, 5.41) is 3.62. The Morgan fingerprint density at radius 2 is 2.04 bits per heavy atom. The average Bonchev–Trinajstić information content (AvgIpc) is 2.90. The van der Waals surface area contributed by atoms with E-state index in [1.165, 1.54) is 7.11 Å². The van der Waals surface area contributed by atoms with Crippen molar-refractivity contribution >= 4 is 27.4 Å². The normalized spacial score (nSPS) is 11.2. The van der Waals surface area contributed by atoms with Crippen molar-refractivity contribution in [2.24, 2.45) is 0 Å². The van der Waals surface area contributed by atoms with Crippen LogP contribution in [-0.2, 0) is 16.4 Å². The first-order valence-electron chi connectivity index (χ1n) is 7.81. The molecule has 11 heteroatoms. The largest absolute Gasteiger partial charge is 0.492 e. The van der Waals surface area contributed by atoms with Gasteiger partial charge in [-0.25, -0.2) is 13.2 Å². The highest BCUT2D eigenvalue weighted by molar-refractivity contribution is 7.92. The number of nitrogens with zero attached hydrogens (tertiary/aromatic N) is 3. The lowest BCUT2D eigenvalue weighted by Gasteiger charge is -2.14. The van der Waals surface area contributed by atoms with E-state index in [0.29, 0.717) is 24.4 Å². The molecule has 0 aliphatic rings. The molecule has 1 aromatic heterocycles. The molecule has 2 rings (SSSR count). The number of sulfonamides is 1. The molecule has 9 nitrogen and oxygen atoms in total. The first-order valence-corrected chi connectivity index (χ1v) is 9.70. The van der Waals surface area contributed by atoms with E-state index < -0.39 is 15.7 Å². The van der Waals surface area contributed by atoms with Crippen LogP contribution in [0.5, 0.6) is 5.75 Å². The van der Waals surface area contributed by atoms with Crippen molar-refractivity contribution in [3.63, 3.8) is 0 Å². The number of benzene rings is 1. The van der Waals surface area contributed by atoms with Crippen LogP contribution in [0.1, 0.15) is 25.2 Å². The van der Waals surface area contributed by atoms with Crippen LogP contribution in [0.3, 0.4) is 0 Å². The van der Waals surface area contributed by atoms with E-state index in [2.05, 4.69) is 9.82 Å². The van der Waals surface area contributed by atoms with Gasteiger partial charge in [-0.3, -0.25) is 4.72 Å². The highest BCUT2D eigenvalue weighted by atomic mass is 32.2. The van der Waals surface area contributed by atoms with E-state index in [-0.39, 0.29) is 15.8 Å². The summed E-state index contributed by atoms with van der Waals surface area (Å²) in [5.41, 5.74) is -0.220. The van der Waals surface area contributed by atoms with Gasteiger partial charge in [0.15, 0.2) is 5.82 Å². The molecule has 0 saturated heterocycles. The molecule has 1 aromatic carbocycles. The molecule has 0 bridgehead atoms. The molecule has 0 radical (unpaired) electrons. The third-order valence-corrected chi connectivity index (χ3v) is 5.39. The second-order valence-corrected chi connectivity index (χ2v) is 7.19. The van der Waals surface area contributed by atoms with Crippen molar-refractivity contribution < 1.29 is 18.0 Å². The Labute approximate surface area is 156 Å². The molecule has 26 heavy (non-hydrogen) atoms. The van der Waals surface area contributed by atoms with Gasteiger partial charge in [0, 0.05) is 6.42 Å². The van der Waals surface area contributed by atoms with Gasteiger partial charge in [0.05, 0.1) is 6.61 Å². The minimum atomic E-state index is -4.09. The van der Waals surface area contributed by atoms with E-state index in [4.69, 9.17) is 21.8 Å². The van der Waals surface area contributed by atoms with E-state index in [1.807, 2.05) is 0 Å². The number of aromatic nitrogens is 3. The van der Waals surface area contributed by atoms with Crippen molar-refractivity contribution in [1.82, 2.24) is 19.2 Å². The molecule has 0 aliphatic heterocycles. The van der Waals surface area contributed by atoms with Crippen LogP contribution in [0, 0.1) is 6.92 Å². The van der Waals surface area contributed by atoms with E-state index in [0.717, 1.165) is 9.41 Å². The number of thiocarbonyl (C=S) groups is 1. The summed E-state index contributed by atoms with van der Waals surface area (Å²) in [6, 6.07) is 4.88. The number of hydrogen-bond donors (Lipinski definition) is 1. The van der Waals surface area contributed by atoms with Crippen LogP contribution in [0.2, 0.25) is 0 Å². The Balaban J connectivity index is 2.44. The second kappa shape index (κ2) is 7.87. The minimum absolute atomic E-state index is 0.0425. The highest BCUT2D eigenvalue weighted by Gasteiger charge is 2.25. The zero-order valence-corrected chi connectivity index (χ0v) is 16.5. The van der Waals surface area contributed by atoms with Crippen LogP contribution in [0.4, 0.5) is 0 Å². The highest BCUT2D eigenvalue weighted by Crippen LogP contribution is 2.27. The summed E-state index contributed by atoms with van der Waals surface area (Å²) in [6.45, 7) is 5.46. The summed E-state index contributed by atoms with van der Waals surface area (Å²) >= 11 is 5.08. The maximum absolute atomic E-state index is 12.8. The predicted octanol–water partition coefficient (Wildman–Crippen LogP) is 0.484. The number of aryl methyl sites for hydroxylation is 2. The number of rotatable bonds is 6. The third kappa shape index (κ3) is 3.73. The fourth-order valence-electron chi connectivity index (χ4n) is 2.37. The molecule has 142 valence electrons. The van der Waals surface area contributed by atoms with Crippen molar-refractivity contribution in [2.75, 3.05) is 13.7 Å². The van der Waals surface area contributed by atoms with Crippen LogP contribution in [0.25, 0.3) is 0 Å². The summed E-state index contributed by atoms with van der Waals surface area (Å²) in [7, 11) is -2.78. The van der Waals surface area contributed by atoms with Crippen LogP contribution >= 0.6 is 12.2 Å². The van der Waals surface area contributed by atoms with Crippen molar-refractivity contribution in [3.8, 4) is 5.75 Å². The van der Waals surface area contributed by atoms with Crippen LogP contribution in [0.15, 0.2) is 27.9 Å². The summed E-state index contributed by atoms with van der Waals surface area (Å²) in [4.78, 5) is 17.2. The lowest BCUT2D eigenvalue weighted by Crippen LogP contribution is -2.41. The van der Waals surface area contributed by atoms with Crippen LogP contribution < -0.4 is 20.0 Å². The fraction of sp³-hybridized carbons (Fsp3) is 0.400. The second-order valence-electron chi connectivity index (χ2n) is 5.19. The monoisotopic (exact) mass is 400 g/mol. The van der Waals surface area contributed by atoms with Gasteiger partial charge in [-0.2, -0.15) is 0 Å². The quantitative estimate of drug-likeness (QED) is 0.704. The van der Waals surface area contributed by atoms with Crippen molar-refractivity contribution in [2.45, 2.75) is 32.1 Å². The van der Waals surface area contributed by atoms with Crippen molar-refractivity contribution in [1.29, 1.82) is 0 Å². The zero-order chi connectivity index (χ0) is 19.5. The van der Waals surface area contributed by atoms with Gasteiger partial charge in [0.25, 0.3) is 10.0 Å². The Bertz CT molecular complexity index is 978. The molecular weight excluding hydrogens is 380 g/mol.